The van der Waals surface area contributed by atoms with Gasteiger partial charge in [-0.05, 0) is 19.3 Å². The molecule has 0 saturated heterocycles. The molecule has 106 valence electrons. The smallest absolute Gasteiger partial charge is 0.345 e. The van der Waals surface area contributed by atoms with Crippen LogP contribution in [-0.2, 0) is 4.79 Å². The molecule has 1 aliphatic carbocycles. The Hall–Kier alpha value is -0.450. The minimum absolute atomic E-state index is 0.0727. The van der Waals surface area contributed by atoms with E-state index >= 15 is 0 Å². The fourth-order valence-corrected chi connectivity index (χ4v) is 2.63. The molecule has 2 nitrogen and oxygen atoms in total. The lowest BCUT2D eigenvalue weighted by Crippen LogP contribution is -2.43. The van der Waals surface area contributed by atoms with Gasteiger partial charge in [-0.15, -0.1) is 11.6 Å². The molecule has 6 heteroatoms. The summed E-state index contributed by atoms with van der Waals surface area (Å²) in [5.74, 6) is -2.36. The number of carbonyl (C=O) groups is 1. The summed E-state index contributed by atoms with van der Waals surface area (Å²) in [5, 5.41) is 0. The van der Waals surface area contributed by atoms with E-state index in [4.69, 9.17) is 11.6 Å². The monoisotopic (exact) mass is 285 g/mol. The SMILES string of the molecule is CN(CCCCl)C(=O)C1CCCCC1C(F)(F)F. The zero-order valence-corrected chi connectivity index (χ0v) is 11.2. The summed E-state index contributed by atoms with van der Waals surface area (Å²) in [5.41, 5.74) is 0. The highest BCUT2D eigenvalue weighted by Crippen LogP contribution is 2.42. The molecular formula is C12H19ClF3NO. The van der Waals surface area contributed by atoms with E-state index < -0.39 is 18.0 Å². The van der Waals surface area contributed by atoms with E-state index in [9.17, 15) is 18.0 Å². The minimum Gasteiger partial charge on any atom is -0.345 e. The Morgan fingerprint density at radius 3 is 2.50 bits per heavy atom. The van der Waals surface area contributed by atoms with Crippen molar-refractivity contribution in [2.75, 3.05) is 19.5 Å². The number of hydrogen-bond acceptors (Lipinski definition) is 1. The number of halogens is 4. The van der Waals surface area contributed by atoms with Gasteiger partial charge in [-0.3, -0.25) is 4.79 Å². The van der Waals surface area contributed by atoms with Gasteiger partial charge in [0.05, 0.1) is 5.92 Å². The van der Waals surface area contributed by atoms with Gasteiger partial charge < -0.3 is 4.90 Å². The van der Waals surface area contributed by atoms with Crippen LogP contribution in [0.25, 0.3) is 0 Å². The van der Waals surface area contributed by atoms with Crippen molar-refractivity contribution in [3.05, 3.63) is 0 Å². The fraction of sp³-hybridized carbons (Fsp3) is 0.917. The molecule has 2 atom stereocenters. The van der Waals surface area contributed by atoms with Gasteiger partial charge >= 0.3 is 6.18 Å². The van der Waals surface area contributed by atoms with Gasteiger partial charge in [-0.1, -0.05) is 12.8 Å². The van der Waals surface area contributed by atoms with Crippen molar-refractivity contribution in [1.82, 2.24) is 4.90 Å². The van der Waals surface area contributed by atoms with Gasteiger partial charge in [0.1, 0.15) is 0 Å². The summed E-state index contributed by atoms with van der Waals surface area (Å²) in [6, 6.07) is 0. The standard InChI is InChI=1S/C12H19ClF3NO/c1-17(8-4-7-13)11(18)9-5-2-3-6-10(9)12(14,15)16/h9-10H,2-8H2,1H3. The molecule has 1 aliphatic rings. The summed E-state index contributed by atoms with van der Waals surface area (Å²) < 4.78 is 38.6. The Morgan fingerprint density at radius 2 is 1.94 bits per heavy atom. The molecule has 0 bridgehead atoms. The fourth-order valence-electron chi connectivity index (χ4n) is 2.51. The molecule has 0 N–H and O–H groups in total. The van der Waals surface area contributed by atoms with Crippen LogP contribution in [0, 0.1) is 11.8 Å². The van der Waals surface area contributed by atoms with Gasteiger partial charge in [0.15, 0.2) is 0 Å². The summed E-state index contributed by atoms with van der Waals surface area (Å²) >= 11 is 5.52. The van der Waals surface area contributed by atoms with E-state index in [2.05, 4.69) is 0 Å². The van der Waals surface area contributed by atoms with E-state index in [0.29, 0.717) is 38.1 Å². The Morgan fingerprint density at radius 1 is 1.33 bits per heavy atom. The third-order valence-corrected chi connectivity index (χ3v) is 3.77. The molecule has 1 saturated carbocycles. The lowest BCUT2D eigenvalue weighted by molar-refractivity contribution is -0.200. The summed E-state index contributed by atoms with van der Waals surface area (Å²) in [6.45, 7) is 0.420. The van der Waals surface area contributed by atoms with Gasteiger partial charge in [0.25, 0.3) is 0 Å². The zero-order chi connectivity index (χ0) is 13.8. The average Bonchev–Trinajstić information content (AvgIpc) is 2.34. The second-order valence-electron chi connectivity index (χ2n) is 4.84. The van der Waals surface area contributed by atoms with Crippen LogP contribution in [0.2, 0.25) is 0 Å². The van der Waals surface area contributed by atoms with Gasteiger partial charge in [0.2, 0.25) is 5.91 Å². The highest BCUT2D eigenvalue weighted by Gasteiger charge is 2.48. The van der Waals surface area contributed by atoms with E-state index in [0.717, 1.165) is 0 Å². The van der Waals surface area contributed by atoms with Crippen LogP contribution in [-0.4, -0.2) is 36.5 Å². The molecule has 0 aromatic rings. The third-order valence-electron chi connectivity index (χ3n) is 3.51. The molecule has 0 aliphatic heterocycles. The van der Waals surface area contributed by atoms with Gasteiger partial charge in [-0.25, -0.2) is 0 Å². The van der Waals surface area contributed by atoms with Crippen molar-refractivity contribution in [3.63, 3.8) is 0 Å². The van der Waals surface area contributed by atoms with Crippen LogP contribution in [0.4, 0.5) is 13.2 Å². The van der Waals surface area contributed by atoms with E-state index in [1.54, 1.807) is 7.05 Å². The highest BCUT2D eigenvalue weighted by atomic mass is 35.5. The van der Waals surface area contributed by atoms with E-state index in [-0.39, 0.29) is 12.3 Å². The second-order valence-corrected chi connectivity index (χ2v) is 5.22. The molecule has 0 heterocycles. The van der Waals surface area contributed by atoms with Crippen molar-refractivity contribution >= 4 is 17.5 Å². The molecule has 0 aromatic heterocycles. The van der Waals surface area contributed by atoms with Crippen LogP contribution in [0.1, 0.15) is 32.1 Å². The maximum atomic E-state index is 12.9. The van der Waals surface area contributed by atoms with Crippen molar-refractivity contribution in [3.8, 4) is 0 Å². The normalized spacial score (nSPS) is 24.9. The van der Waals surface area contributed by atoms with Crippen LogP contribution < -0.4 is 0 Å². The van der Waals surface area contributed by atoms with E-state index in [1.807, 2.05) is 0 Å². The Bertz CT molecular complexity index is 283. The lowest BCUT2D eigenvalue weighted by atomic mass is 9.78. The molecule has 18 heavy (non-hydrogen) atoms. The van der Waals surface area contributed by atoms with Crippen LogP contribution >= 0.6 is 11.6 Å². The number of nitrogens with zero attached hydrogens (tertiary/aromatic N) is 1. The first-order valence-electron chi connectivity index (χ1n) is 6.25. The maximum Gasteiger partial charge on any atom is 0.392 e. The third kappa shape index (κ3) is 4.04. The molecule has 0 spiro atoms. The first kappa shape index (κ1) is 15.6. The lowest BCUT2D eigenvalue weighted by Gasteiger charge is -2.34. The molecule has 1 fully saturated rings. The first-order valence-corrected chi connectivity index (χ1v) is 6.79. The zero-order valence-electron chi connectivity index (χ0n) is 10.5. The van der Waals surface area contributed by atoms with Gasteiger partial charge in [-0.2, -0.15) is 13.2 Å². The van der Waals surface area contributed by atoms with Crippen LogP contribution in [0.15, 0.2) is 0 Å². The average molecular weight is 286 g/mol. The Balaban J connectivity index is 2.68. The van der Waals surface area contributed by atoms with Crippen LogP contribution in [0.3, 0.4) is 0 Å². The first-order chi connectivity index (χ1) is 8.38. The number of amides is 1. The predicted octanol–water partition coefficient (Wildman–Crippen LogP) is 3.44. The Kier molecular flexibility index (Phi) is 5.76. The predicted molar refractivity (Wildman–Crippen MR) is 64.5 cm³/mol. The molecule has 1 amide bonds. The number of carbonyl (C=O) groups excluding carboxylic acids is 1. The largest absolute Gasteiger partial charge is 0.392 e. The molecule has 2 unspecified atom stereocenters. The summed E-state index contributed by atoms with van der Waals surface area (Å²) in [4.78, 5) is 13.4. The Labute approximate surface area is 110 Å². The van der Waals surface area contributed by atoms with Crippen molar-refractivity contribution in [2.45, 2.75) is 38.3 Å². The quantitative estimate of drug-likeness (QED) is 0.725. The summed E-state index contributed by atoms with van der Waals surface area (Å²) in [7, 11) is 1.55. The van der Waals surface area contributed by atoms with Crippen molar-refractivity contribution < 1.29 is 18.0 Å². The molecule has 0 aromatic carbocycles. The topological polar surface area (TPSA) is 20.3 Å². The number of rotatable bonds is 4. The summed E-state index contributed by atoms with van der Waals surface area (Å²) in [6.07, 6.45) is -2.00. The number of hydrogen-bond donors (Lipinski definition) is 0. The number of alkyl halides is 4. The van der Waals surface area contributed by atoms with Crippen molar-refractivity contribution in [2.24, 2.45) is 11.8 Å². The maximum absolute atomic E-state index is 12.9. The molecule has 0 radical (unpaired) electrons. The molecule has 1 rings (SSSR count). The van der Waals surface area contributed by atoms with Crippen LogP contribution in [0.5, 0.6) is 0 Å². The highest BCUT2D eigenvalue weighted by molar-refractivity contribution is 6.17. The van der Waals surface area contributed by atoms with Gasteiger partial charge in [0, 0.05) is 25.4 Å². The van der Waals surface area contributed by atoms with Crippen molar-refractivity contribution in [1.29, 1.82) is 0 Å². The van der Waals surface area contributed by atoms with E-state index in [1.165, 1.54) is 4.90 Å². The molecular weight excluding hydrogens is 267 g/mol. The second kappa shape index (κ2) is 6.64. The minimum atomic E-state index is -4.27.